The second-order valence-corrected chi connectivity index (χ2v) is 10.0. The van der Waals surface area contributed by atoms with Gasteiger partial charge in [-0.1, -0.05) is 48.5 Å². The van der Waals surface area contributed by atoms with Crippen LogP contribution in [-0.4, -0.2) is 37.0 Å². The molecule has 0 unspecified atom stereocenters. The van der Waals surface area contributed by atoms with E-state index in [0.29, 0.717) is 5.88 Å². The van der Waals surface area contributed by atoms with E-state index in [2.05, 4.69) is 62.4 Å². The minimum Gasteiger partial charge on any atom is -0.481 e. The lowest BCUT2D eigenvalue weighted by Crippen LogP contribution is -1.95. The highest BCUT2D eigenvalue weighted by Crippen LogP contribution is 2.33. The van der Waals surface area contributed by atoms with Crippen LogP contribution in [0.1, 0.15) is 0 Å². The molecule has 0 N–H and O–H groups in total. The number of benzene rings is 1. The van der Waals surface area contributed by atoms with Gasteiger partial charge in [0.1, 0.15) is 0 Å². The molecule has 0 aliphatic heterocycles. The average molecular weight is 571 g/mol. The van der Waals surface area contributed by atoms with E-state index in [1.54, 1.807) is 25.7 Å². The number of ether oxygens (including phenoxy) is 1. The number of pyridine rings is 6. The quantitative estimate of drug-likeness (QED) is 0.191. The van der Waals surface area contributed by atoms with Crippen LogP contribution in [0.25, 0.3) is 67.8 Å². The molecule has 0 aliphatic carbocycles. The molecule has 44 heavy (non-hydrogen) atoms. The highest BCUT2D eigenvalue weighted by molar-refractivity contribution is 5.79. The van der Waals surface area contributed by atoms with E-state index in [4.69, 9.17) is 14.7 Å². The molecular formula is C37H26N6O. The molecule has 7 rings (SSSR count). The van der Waals surface area contributed by atoms with Crippen molar-refractivity contribution in [3.05, 3.63) is 140 Å². The predicted molar refractivity (Wildman–Crippen MR) is 172 cm³/mol. The van der Waals surface area contributed by atoms with Gasteiger partial charge in [0.15, 0.2) is 0 Å². The highest BCUT2D eigenvalue weighted by Gasteiger charge is 2.13. The van der Waals surface area contributed by atoms with Crippen molar-refractivity contribution in [2.45, 2.75) is 0 Å². The molecule has 210 valence electrons. The van der Waals surface area contributed by atoms with Crippen LogP contribution < -0.4 is 4.74 Å². The molecule has 0 fully saturated rings. The second kappa shape index (κ2) is 12.0. The molecule has 0 saturated carbocycles. The van der Waals surface area contributed by atoms with Gasteiger partial charge in [-0.3, -0.25) is 15.0 Å². The molecule has 0 aliphatic rings. The summed E-state index contributed by atoms with van der Waals surface area (Å²) in [4.78, 5) is 28.1. The van der Waals surface area contributed by atoms with Crippen molar-refractivity contribution in [1.82, 2.24) is 29.9 Å². The molecule has 0 spiro atoms. The summed E-state index contributed by atoms with van der Waals surface area (Å²) in [5, 5.41) is 0. The summed E-state index contributed by atoms with van der Waals surface area (Å²) in [5.41, 5.74) is 10.3. The fourth-order valence-electron chi connectivity index (χ4n) is 4.99. The van der Waals surface area contributed by atoms with E-state index in [-0.39, 0.29) is 0 Å². The molecule has 0 bridgehead atoms. The third-order valence-electron chi connectivity index (χ3n) is 7.18. The lowest BCUT2D eigenvalue weighted by Gasteiger charge is -2.12. The summed E-state index contributed by atoms with van der Waals surface area (Å²) in [5.74, 6) is 0.533. The zero-order valence-electron chi connectivity index (χ0n) is 23.9. The number of hydrogen-bond acceptors (Lipinski definition) is 7. The maximum atomic E-state index is 5.37. The Morgan fingerprint density at radius 3 is 1.16 bits per heavy atom. The Bertz CT molecular complexity index is 1980. The Balaban J connectivity index is 1.31. The fourth-order valence-corrected chi connectivity index (χ4v) is 4.99. The molecular weight excluding hydrogens is 544 g/mol. The zero-order valence-corrected chi connectivity index (χ0v) is 23.9. The van der Waals surface area contributed by atoms with Gasteiger partial charge in [0, 0.05) is 24.7 Å². The van der Waals surface area contributed by atoms with Crippen molar-refractivity contribution < 1.29 is 4.74 Å². The van der Waals surface area contributed by atoms with Gasteiger partial charge in [0.25, 0.3) is 0 Å². The van der Waals surface area contributed by atoms with E-state index in [1.807, 2.05) is 78.9 Å². The Morgan fingerprint density at radius 2 is 0.773 bits per heavy atom. The Hall–Kier alpha value is -6.08. The molecule has 0 radical (unpaired) electrons. The monoisotopic (exact) mass is 570 g/mol. The van der Waals surface area contributed by atoms with Crippen molar-refractivity contribution in [2.24, 2.45) is 0 Å². The van der Waals surface area contributed by atoms with Crippen LogP contribution >= 0.6 is 0 Å². The van der Waals surface area contributed by atoms with Gasteiger partial charge in [-0.15, -0.1) is 0 Å². The van der Waals surface area contributed by atoms with Crippen LogP contribution in [0.15, 0.2) is 140 Å². The number of hydrogen-bond donors (Lipinski definition) is 0. The van der Waals surface area contributed by atoms with Gasteiger partial charge in [0.05, 0.1) is 52.7 Å². The maximum absolute atomic E-state index is 5.37. The van der Waals surface area contributed by atoms with E-state index >= 15 is 0 Å². The Kier molecular flexibility index (Phi) is 7.33. The van der Waals surface area contributed by atoms with E-state index in [0.717, 1.165) is 67.8 Å². The smallest absolute Gasteiger partial charge is 0.213 e. The molecule has 7 heteroatoms. The summed E-state index contributed by atoms with van der Waals surface area (Å²) in [6.07, 6.45) is 5.33. The third kappa shape index (κ3) is 5.67. The molecule has 6 aromatic heterocycles. The van der Waals surface area contributed by atoms with Crippen molar-refractivity contribution >= 4 is 0 Å². The molecule has 0 amide bonds. The van der Waals surface area contributed by atoms with Crippen LogP contribution in [-0.2, 0) is 0 Å². The van der Waals surface area contributed by atoms with E-state index < -0.39 is 0 Å². The van der Waals surface area contributed by atoms with E-state index in [1.165, 1.54) is 0 Å². The fraction of sp³-hybridized carbons (Fsp3) is 0.0270. The zero-order chi connectivity index (χ0) is 29.7. The summed E-state index contributed by atoms with van der Waals surface area (Å²) in [7, 11) is 1.61. The number of methoxy groups -OCH3 is 1. The van der Waals surface area contributed by atoms with E-state index in [9.17, 15) is 0 Å². The first kappa shape index (κ1) is 26.8. The summed E-state index contributed by atoms with van der Waals surface area (Å²) >= 11 is 0. The van der Waals surface area contributed by atoms with Gasteiger partial charge in [-0.2, -0.15) is 0 Å². The summed E-state index contributed by atoms with van der Waals surface area (Å²) < 4.78 is 5.37. The van der Waals surface area contributed by atoms with Crippen LogP contribution in [0.5, 0.6) is 5.88 Å². The van der Waals surface area contributed by atoms with Crippen LogP contribution in [0, 0.1) is 0 Å². The normalized spacial score (nSPS) is 10.8. The largest absolute Gasteiger partial charge is 0.481 e. The number of nitrogens with zero attached hydrogens (tertiary/aromatic N) is 6. The molecule has 7 nitrogen and oxygen atoms in total. The molecule has 0 saturated heterocycles. The van der Waals surface area contributed by atoms with Crippen molar-refractivity contribution in [2.75, 3.05) is 7.11 Å². The van der Waals surface area contributed by atoms with Gasteiger partial charge in [-0.05, 0) is 89.0 Å². The standard InChI is InChI=1S/C37H26N6O/c1-44-37-13-8-12-32(43-37)36-24-28(23-35(42-36)31-11-4-7-20-40-31)26-16-14-25(15-17-26)27-21-33(29-9-2-5-18-38-29)41-34(22-27)30-10-3-6-19-39-30/h2-24H,1H3. The number of rotatable bonds is 7. The van der Waals surface area contributed by atoms with Gasteiger partial charge >= 0.3 is 0 Å². The number of aromatic nitrogens is 6. The molecule has 7 aromatic rings. The lowest BCUT2D eigenvalue weighted by molar-refractivity contribution is 0.398. The van der Waals surface area contributed by atoms with Crippen LogP contribution in [0.3, 0.4) is 0 Å². The van der Waals surface area contributed by atoms with Crippen LogP contribution in [0.2, 0.25) is 0 Å². The minimum absolute atomic E-state index is 0.533. The molecule has 1 aromatic carbocycles. The summed E-state index contributed by atoms with van der Waals surface area (Å²) in [6, 6.07) is 39.9. The van der Waals surface area contributed by atoms with Crippen LogP contribution in [0.4, 0.5) is 0 Å². The SMILES string of the molecule is COc1cccc(-c2cc(-c3ccc(-c4cc(-c5ccccn5)nc(-c5ccccn5)c4)cc3)cc(-c3ccccn3)n2)n1. The lowest BCUT2D eigenvalue weighted by atomic mass is 9.98. The second-order valence-electron chi connectivity index (χ2n) is 10.0. The summed E-state index contributed by atoms with van der Waals surface area (Å²) in [6.45, 7) is 0. The van der Waals surface area contributed by atoms with Crippen molar-refractivity contribution in [3.63, 3.8) is 0 Å². The minimum atomic E-state index is 0.533. The highest BCUT2D eigenvalue weighted by atomic mass is 16.5. The Morgan fingerprint density at radius 1 is 0.364 bits per heavy atom. The molecule has 0 atom stereocenters. The average Bonchev–Trinajstić information content (AvgIpc) is 3.12. The first-order chi connectivity index (χ1) is 21.7. The maximum Gasteiger partial charge on any atom is 0.213 e. The van der Waals surface area contributed by atoms with Crippen molar-refractivity contribution in [3.8, 4) is 73.7 Å². The topological polar surface area (TPSA) is 86.6 Å². The first-order valence-electron chi connectivity index (χ1n) is 14.1. The van der Waals surface area contributed by atoms with Gasteiger partial charge in [-0.25, -0.2) is 15.0 Å². The third-order valence-corrected chi connectivity index (χ3v) is 7.18. The van der Waals surface area contributed by atoms with Gasteiger partial charge < -0.3 is 4.74 Å². The van der Waals surface area contributed by atoms with Crippen molar-refractivity contribution in [1.29, 1.82) is 0 Å². The molecule has 6 heterocycles. The first-order valence-corrected chi connectivity index (χ1v) is 14.1. The Labute approximate surface area is 255 Å². The van der Waals surface area contributed by atoms with Gasteiger partial charge in [0.2, 0.25) is 5.88 Å². The predicted octanol–water partition coefficient (Wildman–Crippen LogP) is 8.07.